The number of oxazole rings is 1. The van der Waals surface area contributed by atoms with Gasteiger partial charge in [0.15, 0.2) is 0 Å². The summed E-state index contributed by atoms with van der Waals surface area (Å²) in [4.78, 5) is 33.3. The van der Waals surface area contributed by atoms with E-state index in [1.807, 2.05) is 12.1 Å². The summed E-state index contributed by atoms with van der Waals surface area (Å²) in [5.74, 6) is -0.734. The van der Waals surface area contributed by atoms with E-state index in [2.05, 4.69) is 9.97 Å². The number of hydrogen-bond donors (Lipinski definition) is 0. The zero-order valence-electron chi connectivity index (χ0n) is 15.9. The van der Waals surface area contributed by atoms with E-state index < -0.39 is 11.5 Å². The Labute approximate surface area is 173 Å². The largest absolute Gasteiger partial charge is 0.458 e. The number of carbonyl (C=O) groups is 1. The van der Waals surface area contributed by atoms with Crippen molar-refractivity contribution in [2.75, 3.05) is 0 Å². The number of para-hydroxylation sites is 1. The van der Waals surface area contributed by atoms with Crippen LogP contribution in [0.5, 0.6) is 0 Å². The summed E-state index contributed by atoms with van der Waals surface area (Å²) in [6, 6.07) is 12.8. The average molecular weight is 419 g/mol. The summed E-state index contributed by atoms with van der Waals surface area (Å²) in [5.41, 5.74) is 1.57. The second-order valence-electron chi connectivity index (χ2n) is 6.77. The third-order valence-electron chi connectivity index (χ3n) is 4.67. The van der Waals surface area contributed by atoms with Crippen LogP contribution < -0.4 is 5.56 Å². The van der Waals surface area contributed by atoms with Crippen LogP contribution in [0.25, 0.3) is 33.5 Å². The van der Waals surface area contributed by atoms with Crippen molar-refractivity contribution in [3.05, 3.63) is 83.0 Å². The lowest BCUT2D eigenvalue weighted by molar-refractivity contribution is -0.145. The van der Waals surface area contributed by atoms with Gasteiger partial charge in [0, 0.05) is 10.9 Å². The number of hydrogen-bond acceptors (Lipinski definition) is 7. The molecular formula is C22H14FN3O5. The minimum atomic E-state index is -0.648. The Hall–Kier alpha value is -4.27. The van der Waals surface area contributed by atoms with Crippen molar-refractivity contribution < 1.29 is 22.8 Å². The maximum Gasteiger partial charge on any atom is 0.326 e. The van der Waals surface area contributed by atoms with Gasteiger partial charge in [0.05, 0.1) is 6.33 Å². The Morgan fingerprint density at radius 1 is 1.13 bits per heavy atom. The lowest BCUT2D eigenvalue weighted by Crippen LogP contribution is -2.25. The van der Waals surface area contributed by atoms with Crippen molar-refractivity contribution in [2.24, 2.45) is 0 Å². The topological polar surface area (TPSA) is 100 Å². The SMILES string of the molecule is O=C(Cn1cnc2c(oc3ccccc32)c1=O)OCc1coc(-c2ccc(F)cc2)n1. The molecule has 0 radical (unpaired) electrons. The van der Waals surface area contributed by atoms with Crippen molar-refractivity contribution in [1.29, 1.82) is 0 Å². The van der Waals surface area contributed by atoms with Crippen molar-refractivity contribution in [3.63, 3.8) is 0 Å². The van der Waals surface area contributed by atoms with Crippen LogP contribution in [0, 0.1) is 5.82 Å². The Balaban J connectivity index is 1.28. The quantitative estimate of drug-likeness (QED) is 0.401. The zero-order valence-corrected chi connectivity index (χ0v) is 15.9. The molecule has 0 aliphatic heterocycles. The van der Waals surface area contributed by atoms with Crippen LogP contribution in [0.4, 0.5) is 4.39 Å². The molecule has 0 fully saturated rings. The van der Waals surface area contributed by atoms with E-state index in [4.69, 9.17) is 13.6 Å². The molecule has 2 aromatic carbocycles. The predicted molar refractivity (Wildman–Crippen MR) is 107 cm³/mol. The number of aromatic nitrogens is 3. The first-order chi connectivity index (χ1) is 15.1. The second kappa shape index (κ2) is 7.52. The molecule has 0 amide bonds. The number of nitrogens with zero attached hydrogens (tertiary/aromatic N) is 3. The zero-order chi connectivity index (χ0) is 21.4. The van der Waals surface area contributed by atoms with Gasteiger partial charge in [-0.3, -0.25) is 14.2 Å². The van der Waals surface area contributed by atoms with Gasteiger partial charge in [-0.05, 0) is 36.4 Å². The summed E-state index contributed by atoms with van der Waals surface area (Å²) in [7, 11) is 0. The summed E-state index contributed by atoms with van der Waals surface area (Å²) in [5, 5.41) is 0.729. The number of carbonyl (C=O) groups excluding carboxylic acids is 1. The lowest BCUT2D eigenvalue weighted by atomic mass is 10.2. The molecule has 8 nitrogen and oxygen atoms in total. The molecule has 0 saturated carbocycles. The van der Waals surface area contributed by atoms with E-state index in [1.54, 1.807) is 12.1 Å². The number of ether oxygens (including phenoxy) is 1. The first kappa shape index (κ1) is 18.7. The van der Waals surface area contributed by atoms with E-state index in [1.165, 1.54) is 36.9 Å². The highest BCUT2D eigenvalue weighted by atomic mass is 19.1. The van der Waals surface area contributed by atoms with Crippen molar-refractivity contribution >= 4 is 28.0 Å². The first-order valence-corrected chi connectivity index (χ1v) is 9.31. The van der Waals surface area contributed by atoms with Crippen molar-refractivity contribution in [1.82, 2.24) is 14.5 Å². The lowest BCUT2D eigenvalue weighted by Gasteiger charge is -2.05. The molecule has 0 bridgehead atoms. The van der Waals surface area contributed by atoms with E-state index in [0.29, 0.717) is 22.4 Å². The van der Waals surface area contributed by atoms with Crippen molar-refractivity contribution in [2.45, 2.75) is 13.2 Å². The van der Waals surface area contributed by atoms with Gasteiger partial charge in [-0.2, -0.15) is 0 Å². The van der Waals surface area contributed by atoms with E-state index in [0.717, 1.165) is 9.95 Å². The molecular weight excluding hydrogens is 405 g/mol. The summed E-state index contributed by atoms with van der Waals surface area (Å²) < 4.78 is 30.3. The van der Waals surface area contributed by atoms with Gasteiger partial charge in [-0.15, -0.1) is 0 Å². The predicted octanol–water partition coefficient (Wildman–Crippen LogP) is 3.68. The van der Waals surface area contributed by atoms with Gasteiger partial charge < -0.3 is 13.6 Å². The molecule has 3 aromatic heterocycles. The number of furan rings is 1. The molecule has 0 atom stereocenters. The Morgan fingerprint density at radius 2 is 1.94 bits per heavy atom. The van der Waals surface area contributed by atoms with Crippen LogP contribution in [-0.4, -0.2) is 20.5 Å². The smallest absolute Gasteiger partial charge is 0.326 e. The van der Waals surface area contributed by atoms with Crippen LogP contribution >= 0.6 is 0 Å². The molecule has 5 aromatic rings. The minimum Gasteiger partial charge on any atom is -0.458 e. The number of benzene rings is 2. The highest BCUT2D eigenvalue weighted by molar-refractivity contribution is 6.01. The third kappa shape index (κ3) is 3.57. The summed E-state index contributed by atoms with van der Waals surface area (Å²) in [6.45, 7) is -0.472. The van der Waals surface area contributed by atoms with Crippen molar-refractivity contribution in [3.8, 4) is 11.5 Å². The van der Waals surface area contributed by atoms with Crippen LogP contribution in [-0.2, 0) is 22.7 Å². The number of rotatable bonds is 5. The molecule has 31 heavy (non-hydrogen) atoms. The van der Waals surface area contributed by atoms with Gasteiger partial charge in [0.1, 0.15) is 42.0 Å². The summed E-state index contributed by atoms with van der Waals surface area (Å²) in [6.07, 6.45) is 2.64. The normalized spacial score (nSPS) is 11.3. The fourth-order valence-electron chi connectivity index (χ4n) is 3.17. The van der Waals surface area contributed by atoms with Crippen LogP contribution in [0.3, 0.4) is 0 Å². The highest BCUT2D eigenvalue weighted by Gasteiger charge is 2.15. The molecule has 0 spiro atoms. The maximum atomic E-state index is 13.0. The highest BCUT2D eigenvalue weighted by Crippen LogP contribution is 2.24. The Morgan fingerprint density at radius 3 is 2.77 bits per heavy atom. The molecule has 9 heteroatoms. The van der Waals surface area contributed by atoms with Gasteiger partial charge in [0.2, 0.25) is 11.5 Å². The molecule has 0 saturated heterocycles. The third-order valence-corrected chi connectivity index (χ3v) is 4.67. The molecule has 0 aliphatic carbocycles. The number of esters is 1. The molecule has 5 rings (SSSR count). The van der Waals surface area contributed by atoms with Crippen LogP contribution in [0.2, 0.25) is 0 Å². The van der Waals surface area contributed by atoms with Gasteiger partial charge in [-0.25, -0.2) is 14.4 Å². The van der Waals surface area contributed by atoms with E-state index in [9.17, 15) is 14.0 Å². The van der Waals surface area contributed by atoms with E-state index in [-0.39, 0.29) is 30.4 Å². The van der Waals surface area contributed by atoms with Crippen LogP contribution in [0.15, 0.2) is 74.8 Å². The molecule has 0 aliphatic rings. The standard InChI is InChI=1S/C22H14FN3O5/c23-14-7-5-13(6-8-14)21-25-15(11-30-21)10-29-18(27)9-26-12-24-19-16-3-1-2-4-17(16)31-20(19)22(26)28/h1-8,11-12H,9-10H2. The number of fused-ring (bicyclic) bond motifs is 3. The average Bonchev–Trinajstić information content (AvgIpc) is 3.40. The minimum absolute atomic E-state index is 0.0805. The van der Waals surface area contributed by atoms with Gasteiger partial charge in [-0.1, -0.05) is 12.1 Å². The first-order valence-electron chi connectivity index (χ1n) is 9.31. The van der Waals surface area contributed by atoms with Crippen LogP contribution in [0.1, 0.15) is 5.69 Å². The fraction of sp³-hybridized carbons (Fsp3) is 0.0909. The molecule has 154 valence electrons. The second-order valence-corrected chi connectivity index (χ2v) is 6.77. The van der Waals surface area contributed by atoms with Gasteiger partial charge >= 0.3 is 5.97 Å². The summed E-state index contributed by atoms with van der Waals surface area (Å²) >= 11 is 0. The van der Waals surface area contributed by atoms with E-state index >= 15 is 0 Å². The maximum absolute atomic E-state index is 13.0. The Kier molecular flexibility index (Phi) is 4.55. The molecule has 0 unspecified atom stereocenters. The number of halogens is 1. The fourth-order valence-corrected chi connectivity index (χ4v) is 3.17. The molecule has 3 heterocycles. The monoisotopic (exact) mass is 419 g/mol. The van der Waals surface area contributed by atoms with Gasteiger partial charge in [0.25, 0.3) is 5.56 Å². The Bertz CT molecular complexity index is 1470. The molecule has 0 N–H and O–H groups in total.